The first kappa shape index (κ1) is 19.4. The molecule has 90 valence electrons. The molecule has 0 heterocycles. The minimum absolute atomic E-state index is 0.00424. The SMILES string of the molecule is C=O.NCCO.OCCN[PH](O)(O)O. The van der Waals surface area contributed by atoms with Gasteiger partial charge in [-0.25, -0.2) is 0 Å². The van der Waals surface area contributed by atoms with Crippen LogP contribution in [0.2, 0.25) is 0 Å². The Labute approximate surface area is 82.6 Å². The molecule has 0 spiro atoms. The van der Waals surface area contributed by atoms with Crippen molar-refractivity contribution in [3.05, 3.63) is 0 Å². The van der Waals surface area contributed by atoms with Gasteiger partial charge >= 0.3 is 46.1 Å². The molecule has 0 aromatic heterocycles. The maximum atomic E-state index is 8.18. The number of hydrogen-bond acceptors (Lipinski definition) is 8. The first-order valence-electron chi connectivity index (χ1n) is 3.60. The fraction of sp³-hybridized carbons (Fsp3) is 0.800. The Balaban J connectivity index is -0.000000170. The topological polar surface area (TPSA) is 156 Å². The van der Waals surface area contributed by atoms with Gasteiger partial charge in [0.15, 0.2) is 0 Å². The summed E-state index contributed by atoms with van der Waals surface area (Å²) < 4.78 is 0. The van der Waals surface area contributed by atoms with Gasteiger partial charge in [0.1, 0.15) is 6.79 Å². The Morgan fingerprint density at radius 3 is 1.57 bits per heavy atom. The van der Waals surface area contributed by atoms with Gasteiger partial charge in [0, 0.05) is 6.54 Å². The van der Waals surface area contributed by atoms with Crippen molar-refractivity contribution in [3.8, 4) is 0 Å². The van der Waals surface area contributed by atoms with Crippen molar-refractivity contribution in [3.63, 3.8) is 0 Å². The van der Waals surface area contributed by atoms with Gasteiger partial charge in [-0.1, -0.05) is 0 Å². The zero-order valence-electron chi connectivity index (χ0n) is 7.76. The van der Waals surface area contributed by atoms with Crippen molar-refractivity contribution in [2.75, 3.05) is 26.3 Å². The molecule has 0 rings (SSSR count). The number of nitrogens with two attached hydrogens (primary N) is 1. The van der Waals surface area contributed by atoms with Crippen molar-refractivity contribution in [2.45, 2.75) is 0 Å². The normalized spacial score (nSPS) is 10.4. The molecule has 9 heteroatoms. The van der Waals surface area contributed by atoms with E-state index < -0.39 is 8.09 Å². The van der Waals surface area contributed by atoms with Crippen molar-refractivity contribution in [1.82, 2.24) is 5.09 Å². The van der Waals surface area contributed by atoms with Gasteiger partial charge in [0.2, 0.25) is 0 Å². The summed E-state index contributed by atoms with van der Waals surface area (Å²) in [4.78, 5) is 32.5. The first-order chi connectivity index (χ1) is 6.47. The van der Waals surface area contributed by atoms with Crippen molar-refractivity contribution >= 4 is 14.9 Å². The molecule has 0 unspecified atom stereocenters. The predicted molar refractivity (Wildman–Crippen MR) is 53.3 cm³/mol. The second kappa shape index (κ2) is 15.3. The predicted octanol–water partition coefficient (Wildman–Crippen LogP) is -3.29. The van der Waals surface area contributed by atoms with Crippen LogP contribution in [0, 0.1) is 0 Å². The van der Waals surface area contributed by atoms with Crippen LogP contribution < -0.4 is 10.8 Å². The van der Waals surface area contributed by atoms with Crippen LogP contribution in [0.3, 0.4) is 0 Å². The van der Waals surface area contributed by atoms with Crippen molar-refractivity contribution < 1.29 is 29.7 Å². The van der Waals surface area contributed by atoms with Crippen LogP contribution in [0.25, 0.3) is 0 Å². The molecule has 0 aromatic rings. The van der Waals surface area contributed by atoms with E-state index in [4.69, 9.17) is 35.4 Å². The summed E-state index contributed by atoms with van der Waals surface area (Å²) in [5.74, 6) is 0. The third kappa shape index (κ3) is 40.9. The number of hydrogen-bond donors (Lipinski definition) is 7. The quantitative estimate of drug-likeness (QED) is 0.249. The van der Waals surface area contributed by atoms with Gasteiger partial charge < -0.3 is 15.6 Å². The molecule has 0 aromatic carbocycles. The number of carbonyl (C=O) groups excluding carboxylic acids is 1. The van der Waals surface area contributed by atoms with E-state index in [1.165, 1.54) is 0 Å². The number of nitrogens with one attached hydrogen (secondary N) is 1. The Morgan fingerprint density at radius 1 is 1.14 bits per heavy atom. The average Bonchev–Trinajstić information content (AvgIpc) is 2.17. The maximum absolute atomic E-state index is 8.18. The Kier molecular flexibility index (Phi) is 21.2. The molecule has 8 nitrogen and oxygen atoms in total. The second-order valence-corrected chi connectivity index (χ2v) is 3.42. The van der Waals surface area contributed by atoms with Gasteiger partial charge in [-0.15, -0.1) is 0 Å². The number of carbonyl (C=O) groups is 1. The molecule has 0 radical (unpaired) electrons. The van der Waals surface area contributed by atoms with E-state index in [1.54, 1.807) is 0 Å². The summed E-state index contributed by atoms with van der Waals surface area (Å²) in [7, 11) is -4.09. The summed E-state index contributed by atoms with van der Waals surface area (Å²) in [5, 5.41) is 17.7. The summed E-state index contributed by atoms with van der Waals surface area (Å²) in [5.41, 5.74) is 4.78. The third-order valence-electron chi connectivity index (χ3n) is 0.603. The van der Waals surface area contributed by atoms with Crippen LogP contribution in [-0.4, -0.2) is 58.0 Å². The van der Waals surface area contributed by atoms with Gasteiger partial charge in [0.05, 0.1) is 6.61 Å². The van der Waals surface area contributed by atoms with Crippen LogP contribution in [-0.2, 0) is 4.79 Å². The molecule has 0 aliphatic rings. The molecule has 0 atom stereocenters. The third-order valence-corrected chi connectivity index (χ3v) is 1.33. The van der Waals surface area contributed by atoms with Gasteiger partial charge in [-0.2, -0.15) is 0 Å². The van der Waals surface area contributed by atoms with E-state index in [-0.39, 0.29) is 19.8 Å². The fourth-order valence-electron chi connectivity index (χ4n) is 0.224. The van der Waals surface area contributed by atoms with Gasteiger partial charge in [-0.05, 0) is 0 Å². The van der Waals surface area contributed by atoms with Crippen LogP contribution in [0.4, 0.5) is 0 Å². The molecule has 14 heavy (non-hydrogen) atoms. The van der Waals surface area contributed by atoms with Crippen molar-refractivity contribution in [2.24, 2.45) is 5.73 Å². The van der Waals surface area contributed by atoms with Gasteiger partial charge in [-0.3, -0.25) is 0 Å². The van der Waals surface area contributed by atoms with Crippen LogP contribution >= 0.6 is 8.09 Å². The number of rotatable bonds is 4. The Morgan fingerprint density at radius 2 is 1.50 bits per heavy atom. The number of aliphatic hydroxyl groups excluding tert-OH is 2. The molecule has 0 saturated carbocycles. The van der Waals surface area contributed by atoms with Crippen LogP contribution in [0.1, 0.15) is 0 Å². The van der Waals surface area contributed by atoms with Crippen LogP contribution in [0.5, 0.6) is 0 Å². The summed E-state index contributed by atoms with van der Waals surface area (Å²) in [6.45, 7) is 2.24. The van der Waals surface area contributed by atoms with Crippen LogP contribution in [0.15, 0.2) is 0 Å². The standard InChI is InChI=1S/C2H10NO4P.C2H7NO.CH2O/c4-2-1-3-8(5,6)7;3-1-2-4;1-2/h3-8H,1-2H2;4H,1-3H2;1H2. The zero-order valence-corrected chi connectivity index (χ0v) is 8.76. The van der Waals surface area contributed by atoms with E-state index in [2.05, 4.69) is 0 Å². The number of aliphatic hydroxyl groups is 2. The summed E-state index contributed by atoms with van der Waals surface area (Å²) in [6, 6.07) is 0. The molecule has 0 bridgehead atoms. The van der Waals surface area contributed by atoms with Crippen molar-refractivity contribution in [1.29, 1.82) is 0 Å². The minimum atomic E-state index is -4.09. The molecular formula is C5H19N2O6P. The molecule has 0 aliphatic carbocycles. The molecule has 0 amide bonds. The first-order valence-corrected chi connectivity index (χ1v) is 5.45. The Hall–Kier alpha value is -0.180. The van der Waals surface area contributed by atoms with E-state index >= 15 is 0 Å². The molecule has 8 N–H and O–H groups in total. The second-order valence-electron chi connectivity index (χ2n) is 1.80. The molecular weight excluding hydrogens is 215 g/mol. The average molecular weight is 234 g/mol. The van der Waals surface area contributed by atoms with E-state index in [0.717, 1.165) is 0 Å². The van der Waals surface area contributed by atoms with Gasteiger partial charge in [0.25, 0.3) is 0 Å². The molecule has 0 aliphatic heterocycles. The van der Waals surface area contributed by atoms with E-state index in [1.807, 2.05) is 11.9 Å². The monoisotopic (exact) mass is 234 g/mol. The Bertz CT molecular complexity index is 98.7. The molecule has 0 fully saturated rings. The van der Waals surface area contributed by atoms with E-state index in [0.29, 0.717) is 6.54 Å². The summed E-state index contributed by atoms with van der Waals surface area (Å²) >= 11 is 0. The fourth-order valence-corrected chi connectivity index (χ4v) is 0.671. The zero-order chi connectivity index (χ0) is 12.0. The molecule has 0 saturated heterocycles. The summed E-state index contributed by atoms with van der Waals surface area (Å²) in [6.07, 6.45) is 0. The van der Waals surface area contributed by atoms with E-state index in [9.17, 15) is 0 Å².